The fraction of sp³-hybridized carbons (Fsp3) is 0.179. The van der Waals surface area contributed by atoms with Gasteiger partial charge in [0.25, 0.3) is 11.8 Å². The van der Waals surface area contributed by atoms with E-state index < -0.39 is 17.8 Å². The standard InChI is InChI=1S/C28H26N2O5/c1-3-34-25-17-21(14-15-24(25)35-19(2)22-12-8-5-9-13-22)16-23-26(31)29-28(33)30(27(23)32)18-20-10-6-4-7-11-20/h4-17,19H,3,18H2,1-2H3,(H,29,31,33)/b23-16+. The van der Waals surface area contributed by atoms with Crippen LogP contribution < -0.4 is 14.8 Å². The third-order valence-electron chi connectivity index (χ3n) is 5.52. The van der Waals surface area contributed by atoms with Crippen LogP contribution in [0.4, 0.5) is 4.79 Å². The van der Waals surface area contributed by atoms with Crippen molar-refractivity contribution in [2.45, 2.75) is 26.5 Å². The summed E-state index contributed by atoms with van der Waals surface area (Å²) in [6.45, 7) is 4.28. The lowest BCUT2D eigenvalue weighted by Crippen LogP contribution is -2.53. The number of nitrogens with zero attached hydrogens (tertiary/aromatic N) is 1. The Kier molecular flexibility index (Phi) is 7.26. The van der Waals surface area contributed by atoms with E-state index in [9.17, 15) is 14.4 Å². The summed E-state index contributed by atoms with van der Waals surface area (Å²) in [5.74, 6) is -0.352. The molecule has 0 radical (unpaired) electrons. The number of nitrogens with one attached hydrogen (secondary N) is 1. The molecular weight excluding hydrogens is 444 g/mol. The number of barbiturate groups is 1. The van der Waals surface area contributed by atoms with Crippen LogP contribution in [0.25, 0.3) is 6.08 Å². The molecule has 1 atom stereocenters. The van der Waals surface area contributed by atoms with Crippen molar-refractivity contribution < 1.29 is 23.9 Å². The van der Waals surface area contributed by atoms with Crippen LogP contribution in [0.3, 0.4) is 0 Å². The van der Waals surface area contributed by atoms with E-state index in [-0.39, 0.29) is 18.2 Å². The van der Waals surface area contributed by atoms with Crippen LogP contribution in [0.1, 0.15) is 36.6 Å². The van der Waals surface area contributed by atoms with Gasteiger partial charge < -0.3 is 9.47 Å². The van der Waals surface area contributed by atoms with E-state index in [4.69, 9.17) is 9.47 Å². The van der Waals surface area contributed by atoms with Gasteiger partial charge in [0.15, 0.2) is 11.5 Å². The second kappa shape index (κ2) is 10.7. The quantitative estimate of drug-likeness (QED) is 0.374. The number of benzene rings is 3. The van der Waals surface area contributed by atoms with Crippen molar-refractivity contribution in [3.8, 4) is 11.5 Å². The average Bonchev–Trinajstić information content (AvgIpc) is 2.87. The molecule has 1 N–H and O–H groups in total. The minimum absolute atomic E-state index is 0.0600. The lowest BCUT2D eigenvalue weighted by atomic mass is 10.1. The van der Waals surface area contributed by atoms with Gasteiger partial charge in [0.1, 0.15) is 11.7 Å². The molecule has 4 rings (SSSR count). The minimum Gasteiger partial charge on any atom is -0.490 e. The van der Waals surface area contributed by atoms with Crippen LogP contribution in [-0.4, -0.2) is 29.4 Å². The predicted molar refractivity (Wildman–Crippen MR) is 132 cm³/mol. The lowest BCUT2D eigenvalue weighted by molar-refractivity contribution is -0.130. The second-order valence-electron chi connectivity index (χ2n) is 8.00. The smallest absolute Gasteiger partial charge is 0.331 e. The summed E-state index contributed by atoms with van der Waals surface area (Å²) in [6.07, 6.45) is 1.25. The molecule has 1 aliphatic rings. The van der Waals surface area contributed by atoms with E-state index >= 15 is 0 Å². The number of urea groups is 1. The lowest BCUT2D eigenvalue weighted by Gasteiger charge is -2.26. The summed E-state index contributed by atoms with van der Waals surface area (Å²) < 4.78 is 11.9. The maximum atomic E-state index is 13.1. The zero-order chi connectivity index (χ0) is 24.8. The number of hydrogen-bond acceptors (Lipinski definition) is 5. The normalized spacial score (nSPS) is 15.7. The van der Waals surface area contributed by atoms with Gasteiger partial charge in [0.2, 0.25) is 0 Å². The highest BCUT2D eigenvalue weighted by molar-refractivity contribution is 6.30. The van der Waals surface area contributed by atoms with Crippen LogP contribution in [0.15, 0.2) is 84.4 Å². The van der Waals surface area contributed by atoms with Crippen molar-refractivity contribution in [1.82, 2.24) is 10.2 Å². The van der Waals surface area contributed by atoms with Crippen molar-refractivity contribution in [3.63, 3.8) is 0 Å². The van der Waals surface area contributed by atoms with Gasteiger partial charge in [-0.3, -0.25) is 19.8 Å². The predicted octanol–water partition coefficient (Wildman–Crippen LogP) is 4.89. The Morgan fingerprint density at radius 1 is 0.914 bits per heavy atom. The minimum atomic E-state index is -0.741. The number of hydrogen-bond donors (Lipinski definition) is 1. The van der Waals surface area contributed by atoms with E-state index in [1.165, 1.54) is 6.08 Å². The molecule has 1 unspecified atom stereocenters. The molecule has 0 aromatic heterocycles. The highest BCUT2D eigenvalue weighted by Gasteiger charge is 2.35. The summed E-state index contributed by atoms with van der Waals surface area (Å²) in [6, 6.07) is 23.4. The van der Waals surface area contributed by atoms with Gasteiger partial charge in [-0.15, -0.1) is 0 Å². The Balaban J connectivity index is 1.59. The third-order valence-corrected chi connectivity index (χ3v) is 5.52. The van der Waals surface area contributed by atoms with E-state index in [1.807, 2.05) is 74.5 Å². The van der Waals surface area contributed by atoms with Gasteiger partial charge in [0.05, 0.1) is 13.2 Å². The third kappa shape index (κ3) is 5.58. The molecular formula is C28H26N2O5. The van der Waals surface area contributed by atoms with Crippen molar-refractivity contribution in [2.75, 3.05) is 6.61 Å². The molecule has 4 amide bonds. The molecule has 0 saturated carbocycles. The topological polar surface area (TPSA) is 84.9 Å². The van der Waals surface area contributed by atoms with E-state index in [0.29, 0.717) is 23.7 Å². The summed E-state index contributed by atoms with van der Waals surface area (Å²) in [7, 11) is 0. The Morgan fingerprint density at radius 2 is 1.60 bits per heavy atom. The summed E-state index contributed by atoms with van der Waals surface area (Å²) in [4.78, 5) is 38.9. The molecule has 0 aliphatic carbocycles. The van der Waals surface area contributed by atoms with Crippen molar-refractivity contribution >= 4 is 23.9 Å². The number of rotatable bonds is 8. The van der Waals surface area contributed by atoms with E-state index in [1.54, 1.807) is 18.2 Å². The molecule has 1 fully saturated rings. The second-order valence-corrected chi connectivity index (χ2v) is 8.00. The molecule has 7 nitrogen and oxygen atoms in total. The molecule has 1 saturated heterocycles. The molecule has 0 spiro atoms. The largest absolute Gasteiger partial charge is 0.490 e. The highest BCUT2D eigenvalue weighted by Crippen LogP contribution is 2.33. The fourth-order valence-corrected chi connectivity index (χ4v) is 3.73. The van der Waals surface area contributed by atoms with Crippen molar-refractivity contribution in [1.29, 1.82) is 0 Å². The monoisotopic (exact) mass is 470 g/mol. The van der Waals surface area contributed by atoms with Crippen LogP contribution in [0.2, 0.25) is 0 Å². The summed E-state index contributed by atoms with van der Waals surface area (Å²) in [5, 5.41) is 2.25. The van der Waals surface area contributed by atoms with E-state index in [0.717, 1.165) is 16.0 Å². The van der Waals surface area contributed by atoms with Gasteiger partial charge in [-0.05, 0) is 48.7 Å². The first kappa shape index (κ1) is 23.8. The zero-order valence-electron chi connectivity index (χ0n) is 19.6. The molecule has 7 heteroatoms. The van der Waals surface area contributed by atoms with Crippen LogP contribution in [-0.2, 0) is 16.1 Å². The van der Waals surface area contributed by atoms with Crippen molar-refractivity contribution in [3.05, 3.63) is 101 Å². The van der Waals surface area contributed by atoms with Gasteiger partial charge in [-0.2, -0.15) is 0 Å². The zero-order valence-corrected chi connectivity index (χ0v) is 19.6. The van der Waals surface area contributed by atoms with Gasteiger partial charge in [-0.1, -0.05) is 66.7 Å². The molecule has 3 aromatic carbocycles. The van der Waals surface area contributed by atoms with Crippen molar-refractivity contribution in [2.24, 2.45) is 0 Å². The van der Waals surface area contributed by atoms with Crippen LogP contribution in [0, 0.1) is 0 Å². The number of amides is 4. The first-order valence-corrected chi connectivity index (χ1v) is 11.4. The first-order valence-electron chi connectivity index (χ1n) is 11.4. The molecule has 35 heavy (non-hydrogen) atoms. The van der Waals surface area contributed by atoms with Crippen LogP contribution in [0.5, 0.6) is 11.5 Å². The fourth-order valence-electron chi connectivity index (χ4n) is 3.73. The Labute approximate surface area is 204 Å². The average molecular weight is 471 g/mol. The Bertz CT molecular complexity index is 1250. The van der Waals surface area contributed by atoms with Gasteiger partial charge in [0, 0.05) is 0 Å². The number of carbonyl (C=O) groups excluding carboxylic acids is 3. The molecule has 178 valence electrons. The molecule has 3 aromatic rings. The molecule has 0 bridgehead atoms. The molecule has 1 heterocycles. The number of imide groups is 2. The Morgan fingerprint density at radius 3 is 2.29 bits per heavy atom. The highest BCUT2D eigenvalue weighted by atomic mass is 16.5. The summed E-state index contributed by atoms with van der Waals surface area (Å²) in [5.41, 5.74) is 2.24. The Hall–Kier alpha value is -4.39. The maximum Gasteiger partial charge on any atom is 0.331 e. The SMILES string of the molecule is CCOc1cc(/C=C2\C(=O)NC(=O)N(Cc3ccccc3)C2=O)ccc1OC(C)c1ccccc1. The maximum absolute atomic E-state index is 13.1. The summed E-state index contributed by atoms with van der Waals surface area (Å²) >= 11 is 0. The van der Waals surface area contributed by atoms with Gasteiger partial charge in [-0.25, -0.2) is 4.79 Å². The molecule has 1 aliphatic heterocycles. The van der Waals surface area contributed by atoms with Crippen LogP contribution >= 0.6 is 0 Å². The number of carbonyl (C=O) groups is 3. The first-order chi connectivity index (χ1) is 17.0. The number of ether oxygens (including phenoxy) is 2. The van der Waals surface area contributed by atoms with E-state index in [2.05, 4.69) is 5.32 Å². The van der Waals surface area contributed by atoms with Gasteiger partial charge >= 0.3 is 6.03 Å².